The summed E-state index contributed by atoms with van der Waals surface area (Å²) in [6, 6.07) is 6.44. The van der Waals surface area contributed by atoms with Gasteiger partial charge in [-0.05, 0) is 42.3 Å². The molecule has 0 aliphatic heterocycles. The second-order valence-electron chi connectivity index (χ2n) is 5.23. The van der Waals surface area contributed by atoms with Crippen molar-refractivity contribution in [2.24, 2.45) is 13.0 Å². The summed E-state index contributed by atoms with van der Waals surface area (Å²) in [6.07, 6.45) is 0.758. The maximum absolute atomic E-state index is 13.2. The normalized spacial score (nSPS) is 20.3. The topological polar surface area (TPSA) is 62.7 Å². The van der Waals surface area contributed by atoms with Crippen molar-refractivity contribution in [3.8, 4) is 0 Å². The van der Waals surface area contributed by atoms with Gasteiger partial charge in [0.15, 0.2) is 10.6 Å². The molecule has 1 aliphatic rings. The van der Waals surface area contributed by atoms with Crippen molar-refractivity contribution in [2.75, 3.05) is 0 Å². The van der Waals surface area contributed by atoms with E-state index in [1.165, 1.54) is 12.1 Å². The lowest BCUT2D eigenvalue weighted by molar-refractivity contribution is -0.122. The summed E-state index contributed by atoms with van der Waals surface area (Å²) in [7, 11) is 1.79. The zero-order chi connectivity index (χ0) is 15.0. The number of nitrogens with one attached hydrogen (secondary N) is 2. The molecule has 1 aromatic carbocycles. The van der Waals surface area contributed by atoms with Crippen LogP contribution in [0, 0.1) is 16.5 Å². The van der Waals surface area contributed by atoms with Crippen LogP contribution < -0.4 is 5.32 Å². The van der Waals surface area contributed by atoms with Gasteiger partial charge in [0.25, 0.3) is 0 Å². The Bertz CT molecular complexity index is 739. The van der Waals surface area contributed by atoms with Crippen LogP contribution in [0.4, 0.5) is 4.39 Å². The third-order valence-corrected chi connectivity index (χ3v) is 4.16. The molecule has 1 heterocycles. The standard InChI is InChI=1S/C14H15FN4OS/c1-19-12(17-18-14(19)21)7-16-13(20)11-6-10(11)8-3-2-4-9(15)5-8/h2-5,10-11H,6-7H2,1H3,(H,16,20)(H,18,21). The molecule has 1 aliphatic carbocycles. The number of halogens is 1. The molecule has 1 amide bonds. The van der Waals surface area contributed by atoms with Gasteiger partial charge < -0.3 is 9.88 Å². The molecule has 5 nitrogen and oxygen atoms in total. The van der Waals surface area contributed by atoms with E-state index in [1.54, 1.807) is 17.7 Å². The van der Waals surface area contributed by atoms with Gasteiger partial charge in [-0.15, -0.1) is 0 Å². The highest BCUT2D eigenvalue weighted by Crippen LogP contribution is 2.47. The van der Waals surface area contributed by atoms with Crippen LogP contribution in [-0.2, 0) is 18.4 Å². The molecule has 21 heavy (non-hydrogen) atoms. The van der Waals surface area contributed by atoms with Crippen LogP contribution in [0.5, 0.6) is 0 Å². The van der Waals surface area contributed by atoms with E-state index in [2.05, 4.69) is 15.5 Å². The third-order valence-electron chi connectivity index (χ3n) is 3.80. The monoisotopic (exact) mass is 306 g/mol. The number of benzene rings is 1. The van der Waals surface area contributed by atoms with Gasteiger partial charge in [-0.2, -0.15) is 5.10 Å². The number of amides is 1. The fourth-order valence-corrected chi connectivity index (χ4v) is 2.58. The van der Waals surface area contributed by atoms with Crippen LogP contribution in [0.2, 0.25) is 0 Å². The van der Waals surface area contributed by atoms with Gasteiger partial charge in [0.2, 0.25) is 5.91 Å². The first-order valence-electron chi connectivity index (χ1n) is 6.69. The maximum Gasteiger partial charge on any atom is 0.224 e. The Hall–Kier alpha value is -2.02. The summed E-state index contributed by atoms with van der Waals surface area (Å²) < 4.78 is 15.4. The number of aromatic nitrogens is 3. The van der Waals surface area contributed by atoms with Crippen LogP contribution in [0.3, 0.4) is 0 Å². The largest absolute Gasteiger partial charge is 0.349 e. The zero-order valence-corrected chi connectivity index (χ0v) is 12.3. The first-order valence-corrected chi connectivity index (χ1v) is 7.10. The highest BCUT2D eigenvalue weighted by atomic mass is 32.1. The van der Waals surface area contributed by atoms with Crippen LogP contribution >= 0.6 is 12.2 Å². The molecule has 1 saturated carbocycles. The minimum Gasteiger partial charge on any atom is -0.349 e. The summed E-state index contributed by atoms with van der Waals surface area (Å²) in [6.45, 7) is 0.328. The quantitative estimate of drug-likeness (QED) is 0.850. The molecule has 2 aromatic rings. The van der Waals surface area contributed by atoms with Gasteiger partial charge in [0.1, 0.15) is 5.82 Å². The van der Waals surface area contributed by atoms with E-state index in [1.807, 2.05) is 6.07 Å². The van der Waals surface area contributed by atoms with Crippen LogP contribution in [0.15, 0.2) is 24.3 Å². The van der Waals surface area contributed by atoms with E-state index in [0.717, 1.165) is 12.0 Å². The zero-order valence-electron chi connectivity index (χ0n) is 11.5. The predicted octanol–water partition coefficient (Wildman–Crippen LogP) is 2.04. The fraction of sp³-hybridized carbons (Fsp3) is 0.357. The number of hydrogen-bond acceptors (Lipinski definition) is 3. The summed E-state index contributed by atoms with van der Waals surface area (Å²) in [4.78, 5) is 12.1. The van der Waals surface area contributed by atoms with Crippen molar-refractivity contribution in [3.63, 3.8) is 0 Å². The van der Waals surface area contributed by atoms with Gasteiger partial charge in [0.05, 0.1) is 6.54 Å². The summed E-state index contributed by atoms with van der Waals surface area (Å²) in [5.74, 6) is 0.414. The van der Waals surface area contributed by atoms with Crippen molar-refractivity contribution >= 4 is 18.1 Å². The number of aromatic amines is 1. The first kappa shape index (κ1) is 13.9. The second kappa shape index (κ2) is 5.40. The van der Waals surface area contributed by atoms with Crippen LogP contribution in [0.1, 0.15) is 23.7 Å². The molecule has 0 saturated heterocycles. The smallest absolute Gasteiger partial charge is 0.224 e. The van der Waals surface area contributed by atoms with Crippen LogP contribution in [0.25, 0.3) is 0 Å². The minimum absolute atomic E-state index is 0.0295. The van der Waals surface area contributed by atoms with Gasteiger partial charge in [-0.25, -0.2) is 4.39 Å². The SMILES string of the molecule is Cn1c(CNC(=O)C2CC2c2cccc(F)c2)n[nH]c1=S. The molecule has 0 radical (unpaired) electrons. The van der Waals surface area contributed by atoms with Gasteiger partial charge in [0, 0.05) is 13.0 Å². The van der Waals surface area contributed by atoms with Gasteiger partial charge in [-0.3, -0.25) is 9.89 Å². The molecule has 0 bridgehead atoms. The van der Waals surface area contributed by atoms with E-state index >= 15 is 0 Å². The fourth-order valence-electron chi connectivity index (χ4n) is 2.43. The molecule has 0 spiro atoms. The molecular weight excluding hydrogens is 291 g/mol. The van der Waals surface area contributed by atoms with Crippen LogP contribution in [-0.4, -0.2) is 20.7 Å². The Morgan fingerprint density at radius 1 is 1.62 bits per heavy atom. The van der Waals surface area contributed by atoms with E-state index in [4.69, 9.17) is 12.2 Å². The molecule has 2 N–H and O–H groups in total. The number of H-pyrrole nitrogens is 1. The second-order valence-corrected chi connectivity index (χ2v) is 5.61. The summed E-state index contributed by atoms with van der Waals surface area (Å²) in [5, 5.41) is 9.55. The number of carbonyl (C=O) groups excluding carboxylic acids is 1. The Morgan fingerprint density at radius 2 is 2.43 bits per heavy atom. The maximum atomic E-state index is 13.2. The number of hydrogen-bond donors (Lipinski definition) is 2. The summed E-state index contributed by atoms with van der Waals surface area (Å²) >= 11 is 5.01. The average Bonchev–Trinajstić information content (AvgIpc) is 3.20. The molecule has 2 unspecified atom stereocenters. The van der Waals surface area contributed by atoms with E-state index < -0.39 is 0 Å². The Labute approximate surface area is 126 Å². The Morgan fingerprint density at radius 3 is 3.10 bits per heavy atom. The lowest BCUT2D eigenvalue weighted by Gasteiger charge is -2.04. The van der Waals surface area contributed by atoms with Crippen molar-refractivity contribution < 1.29 is 9.18 Å². The predicted molar refractivity (Wildman–Crippen MR) is 77.5 cm³/mol. The van der Waals surface area contributed by atoms with E-state index in [0.29, 0.717) is 17.1 Å². The Kier molecular flexibility index (Phi) is 3.59. The number of rotatable bonds is 4. The van der Waals surface area contributed by atoms with Crippen molar-refractivity contribution in [3.05, 3.63) is 46.2 Å². The lowest BCUT2D eigenvalue weighted by atomic mass is 10.1. The van der Waals surface area contributed by atoms with E-state index in [-0.39, 0.29) is 23.6 Å². The third kappa shape index (κ3) is 2.87. The number of carbonyl (C=O) groups is 1. The molecule has 1 fully saturated rings. The van der Waals surface area contributed by atoms with E-state index in [9.17, 15) is 9.18 Å². The van der Waals surface area contributed by atoms with Crippen molar-refractivity contribution in [1.82, 2.24) is 20.1 Å². The van der Waals surface area contributed by atoms with Gasteiger partial charge in [-0.1, -0.05) is 12.1 Å². The molecule has 1 aromatic heterocycles. The highest BCUT2D eigenvalue weighted by molar-refractivity contribution is 7.71. The Balaban J connectivity index is 1.58. The molecule has 2 atom stereocenters. The molecular formula is C14H15FN4OS. The van der Waals surface area contributed by atoms with Gasteiger partial charge >= 0.3 is 0 Å². The average molecular weight is 306 g/mol. The minimum atomic E-state index is -0.264. The first-order chi connectivity index (χ1) is 10.1. The van der Waals surface area contributed by atoms with Crippen molar-refractivity contribution in [1.29, 1.82) is 0 Å². The van der Waals surface area contributed by atoms with Crippen molar-refractivity contribution in [2.45, 2.75) is 18.9 Å². The molecule has 110 valence electrons. The molecule has 7 heteroatoms. The summed E-state index contributed by atoms with van der Waals surface area (Å²) in [5.41, 5.74) is 0.883. The highest BCUT2D eigenvalue weighted by Gasteiger charge is 2.43. The molecule has 3 rings (SSSR count). The number of nitrogens with zero attached hydrogens (tertiary/aromatic N) is 2. The lowest BCUT2D eigenvalue weighted by Crippen LogP contribution is -2.26.